The van der Waals surface area contributed by atoms with Crippen LogP contribution in [0.4, 0.5) is 0 Å². The van der Waals surface area contributed by atoms with E-state index >= 15 is 0 Å². The fraction of sp³-hybridized carbons (Fsp3) is 0.458. The lowest BCUT2D eigenvalue weighted by Crippen LogP contribution is -2.30. The maximum absolute atomic E-state index is 12.6. The molecule has 3 rings (SSSR count). The van der Waals surface area contributed by atoms with Gasteiger partial charge in [0.1, 0.15) is 17.6 Å². The number of amides is 1. The number of nitrogens with one attached hydrogen (secondary N) is 1. The summed E-state index contributed by atoms with van der Waals surface area (Å²) in [5, 5.41) is 2.79. The van der Waals surface area contributed by atoms with Gasteiger partial charge < -0.3 is 24.3 Å². The molecule has 6 nitrogen and oxygen atoms in total. The third-order valence-corrected chi connectivity index (χ3v) is 6.34. The Kier molecular flexibility index (Phi) is 7.96. The maximum Gasteiger partial charge on any atom is 0.233 e. The molecule has 0 spiro atoms. The van der Waals surface area contributed by atoms with Crippen LogP contribution in [0, 0.1) is 0 Å². The van der Waals surface area contributed by atoms with Gasteiger partial charge >= 0.3 is 0 Å². The number of fused-ring (bicyclic) bond motifs is 1. The summed E-state index contributed by atoms with van der Waals surface area (Å²) in [7, 11) is 3.20. The van der Waals surface area contributed by atoms with E-state index in [2.05, 4.69) is 24.4 Å². The highest BCUT2D eigenvalue weighted by Crippen LogP contribution is 2.37. The van der Waals surface area contributed by atoms with Crippen molar-refractivity contribution >= 4 is 17.7 Å². The average molecular weight is 446 g/mol. The minimum atomic E-state index is -0.206. The van der Waals surface area contributed by atoms with E-state index in [1.165, 1.54) is 5.56 Å². The number of methoxy groups -OCH3 is 2. The van der Waals surface area contributed by atoms with Crippen molar-refractivity contribution in [2.24, 2.45) is 0 Å². The van der Waals surface area contributed by atoms with Crippen LogP contribution in [0.25, 0.3) is 0 Å². The molecule has 168 valence electrons. The first-order valence-corrected chi connectivity index (χ1v) is 11.6. The van der Waals surface area contributed by atoms with Crippen LogP contribution in [0.3, 0.4) is 0 Å². The van der Waals surface area contributed by atoms with Gasteiger partial charge in [0.25, 0.3) is 0 Å². The molecule has 0 bridgehead atoms. The molecule has 1 aliphatic rings. The number of hydrogen-bond acceptors (Lipinski definition) is 6. The topological polar surface area (TPSA) is 66.0 Å². The Morgan fingerprint density at radius 3 is 2.68 bits per heavy atom. The molecule has 0 radical (unpaired) electrons. The average Bonchev–Trinajstić information content (AvgIpc) is 3.14. The lowest BCUT2D eigenvalue weighted by Gasteiger charge is -2.16. The molecule has 1 heterocycles. The molecule has 0 aliphatic carbocycles. The van der Waals surface area contributed by atoms with Gasteiger partial charge in [0, 0.05) is 29.8 Å². The molecule has 31 heavy (non-hydrogen) atoms. The van der Waals surface area contributed by atoms with Gasteiger partial charge in [0.2, 0.25) is 5.91 Å². The Hall–Kier alpha value is -2.54. The van der Waals surface area contributed by atoms with Gasteiger partial charge in [-0.2, -0.15) is 0 Å². The van der Waals surface area contributed by atoms with Crippen LogP contribution in [0.2, 0.25) is 0 Å². The lowest BCUT2D eigenvalue weighted by molar-refractivity contribution is -0.120. The molecular formula is C24H31NO5S. The van der Waals surface area contributed by atoms with Gasteiger partial charge in [-0.15, -0.1) is 11.8 Å². The Labute approximate surface area is 188 Å². The summed E-state index contributed by atoms with van der Waals surface area (Å²) in [6.45, 7) is 7.00. The highest BCUT2D eigenvalue weighted by molar-refractivity contribution is 7.99. The Balaban J connectivity index is 1.57. The van der Waals surface area contributed by atoms with Gasteiger partial charge in [-0.1, -0.05) is 6.07 Å². The summed E-state index contributed by atoms with van der Waals surface area (Å²) >= 11 is 1.58. The molecule has 1 N–H and O–H groups in total. The third kappa shape index (κ3) is 5.79. The van der Waals surface area contributed by atoms with Crippen LogP contribution in [0.1, 0.15) is 37.5 Å². The van der Waals surface area contributed by atoms with E-state index in [4.69, 9.17) is 18.9 Å². The number of rotatable bonds is 10. The quantitative estimate of drug-likeness (QED) is 0.586. The first-order chi connectivity index (χ1) is 14.9. The first kappa shape index (κ1) is 23.1. The standard InChI is InChI=1S/C24H31NO5S/c1-6-29-21-11-18-9-15(2)30-22(18)12-19(21)14-31-16(3)24(26)25-13-17-7-8-20(27-4)23(10-17)28-5/h7-8,10-12,15-16H,6,9,13-14H2,1-5H3,(H,25,26)/t15-,16+/m0/s1. The van der Waals surface area contributed by atoms with Crippen molar-refractivity contribution in [1.29, 1.82) is 0 Å². The van der Waals surface area contributed by atoms with Crippen LogP contribution in [-0.2, 0) is 23.5 Å². The zero-order chi connectivity index (χ0) is 22.4. The van der Waals surface area contributed by atoms with Crippen molar-refractivity contribution in [2.45, 2.75) is 50.8 Å². The molecule has 0 unspecified atom stereocenters. The van der Waals surface area contributed by atoms with E-state index in [1.807, 2.05) is 32.0 Å². The van der Waals surface area contributed by atoms with E-state index in [0.717, 1.165) is 29.0 Å². The number of carbonyl (C=O) groups is 1. The number of hydrogen-bond donors (Lipinski definition) is 1. The van der Waals surface area contributed by atoms with Crippen molar-refractivity contribution < 1.29 is 23.7 Å². The van der Waals surface area contributed by atoms with Gasteiger partial charge in [-0.3, -0.25) is 4.79 Å². The van der Waals surface area contributed by atoms with Crippen LogP contribution in [-0.4, -0.2) is 38.1 Å². The second-order valence-electron chi connectivity index (χ2n) is 7.49. The van der Waals surface area contributed by atoms with Gasteiger partial charge in [-0.05, 0) is 50.6 Å². The SMILES string of the molecule is CCOc1cc2c(cc1CS[C@H](C)C(=O)NCc1ccc(OC)c(OC)c1)O[C@@H](C)C2. The van der Waals surface area contributed by atoms with Gasteiger partial charge in [0.05, 0.1) is 26.1 Å². The zero-order valence-corrected chi connectivity index (χ0v) is 19.6. The summed E-state index contributed by atoms with van der Waals surface area (Å²) in [6, 6.07) is 9.77. The lowest BCUT2D eigenvalue weighted by atomic mass is 10.1. The van der Waals surface area contributed by atoms with Crippen LogP contribution in [0.5, 0.6) is 23.0 Å². The third-order valence-electron chi connectivity index (χ3n) is 5.15. The smallest absolute Gasteiger partial charge is 0.233 e. The molecule has 7 heteroatoms. The fourth-order valence-corrected chi connectivity index (χ4v) is 4.39. The molecule has 2 aromatic rings. The predicted octanol–water partition coefficient (Wildman–Crippen LogP) is 4.36. The molecule has 1 aliphatic heterocycles. The van der Waals surface area contributed by atoms with Crippen LogP contribution < -0.4 is 24.3 Å². The summed E-state index contributed by atoms with van der Waals surface area (Å²) in [4.78, 5) is 12.6. The minimum Gasteiger partial charge on any atom is -0.494 e. The maximum atomic E-state index is 12.6. The first-order valence-electron chi connectivity index (χ1n) is 10.5. The number of carbonyl (C=O) groups excluding carboxylic acids is 1. The summed E-state index contributed by atoms with van der Waals surface area (Å²) in [5.74, 6) is 3.78. The number of ether oxygens (including phenoxy) is 4. The van der Waals surface area contributed by atoms with Gasteiger partial charge in [-0.25, -0.2) is 0 Å². The molecular weight excluding hydrogens is 414 g/mol. The molecule has 2 aromatic carbocycles. The largest absolute Gasteiger partial charge is 0.494 e. The highest BCUT2D eigenvalue weighted by atomic mass is 32.2. The molecule has 0 saturated carbocycles. The van der Waals surface area contributed by atoms with E-state index in [9.17, 15) is 4.79 Å². The van der Waals surface area contributed by atoms with Crippen LogP contribution >= 0.6 is 11.8 Å². The van der Waals surface area contributed by atoms with E-state index in [0.29, 0.717) is 30.4 Å². The summed E-state index contributed by atoms with van der Waals surface area (Å²) < 4.78 is 22.3. The van der Waals surface area contributed by atoms with Crippen molar-refractivity contribution in [1.82, 2.24) is 5.32 Å². The minimum absolute atomic E-state index is 0.0104. The molecule has 0 fully saturated rings. The Bertz CT molecular complexity index is 917. The number of benzene rings is 2. The van der Waals surface area contributed by atoms with Crippen LogP contribution in [0.15, 0.2) is 30.3 Å². The highest BCUT2D eigenvalue weighted by Gasteiger charge is 2.23. The second kappa shape index (κ2) is 10.7. The predicted molar refractivity (Wildman–Crippen MR) is 124 cm³/mol. The van der Waals surface area contributed by atoms with E-state index < -0.39 is 0 Å². The Morgan fingerprint density at radius 1 is 1.19 bits per heavy atom. The molecule has 0 saturated heterocycles. The second-order valence-corrected chi connectivity index (χ2v) is 8.82. The summed E-state index contributed by atoms with van der Waals surface area (Å²) in [5.41, 5.74) is 3.19. The molecule has 1 amide bonds. The van der Waals surface area contributed by atoms with Crippen molar-refractivity contribution in [3.63, 3.8) is 0 Å². The summed E-state index contributed by atoms with van der Waals surface area (Å²) in [6.07, 6.45) is 1.09. The fourth-order valence-electron chi connectivity index (χ4n) is 3.50. The Morgan fingerprint density at radius 2 is 1.97 bits per heavy atom. The molecule has 0 aromatic heterocycles. The van der Waals surface area contributed by atoms with E-state index in [1.54, 1.807) is 26.0 Å². The van der Waals surface area contributed by atoms with Crippen molar-refractivity contribution in [3.8, 4) is 23.0 Å². The van der Waals surface area contributed by atoms with Crippen molar-refractivity contribution in [2.75, 3.05) is 20.8 Å². The van der Waals surface area contributed by atoms with Gasteiger partial charge in [0.15, 0.2) is 11.5 Å². The van der Waals surface area contributed by atoms with E-state index in [-0.39, 0.29) is 17.3 Å². The zero-order valence-electron chi connectivity index (χ0n) is 18.8. The monoisotopic (exact) mass is 445 g/mol. The normalized spacial score (nSPS) is 15.6. The molecule has 2 atom stereocenters. The number of thioether (sulfide) groups is 1. The van der Waals surface area contributed by atoms with Crippen molar-refractivity contribution in [3.05, 3.63) is 47.0 Å².